The quantitative estimate of drug-likeness (QED) is 0.614. The van der Waals surface area contributed by atoms with Crippen LogP contribution in [-0.2, 0) is 0 Å². The summed E-state index contributed by atoms with van der Waals surface area (Å²) < 4.78 is 16.0. The van der Waals surface area contributed by atoms with Gasteiger partial charge in [-0.25, -0.2) is 14.4 Å². The van der Waals surface area contributed by atoms with Crippen molar-refractivity contribution in [3.8, 4) is 22.4 Å². The highest BCUT2D eigenvalue weighted by Gasteiger charge is 2.11. The molecule has 4 aromatic rings. The second-order valence-electron chi connectivity index (χ2n) is 5.49. The van der Waals surface area contributed by atoms with E-state index < -0.39 is 0 Å². The summed E-state index contributed by atoms with van der Waals surface area (Å²) in [6, 6.07) is 14.9. The van der Waals surface area contributed by atoms with Crippen molar-refractivity contribution in [2.75, 3.05) is 12.4 Å². The van der Waals surface area contributed by atoms with Gasteiger partial charge in [0.15, 0.2) is 0 Å². The number of hydrogen-bond acceptors (Lipinski definition) is 3. The normalized spacial score (nSPS) is 10.9. The largest absolute Gasteiger partial charge is 0.388 e. The maximum absolute atomic E-state index is 14.2. The highest BCUT2D eigenvalue weighted by atomic mass is 19.1. The van der Waals surface area contributed by atoms with Crippen LogP contribution in [0.25, 0.3) is 28.2 Å². The predicted octanol–water partition coefficient (Wildman–Crippen LogP) is 4.24. The lowest BCUT2D eigenvalue weighted by Gasteiger charge is -2.03. The van der Waals surface area contributed by atoms with E-state index in [2.05, 4.69) is 15.3 Å². The number of fused-ring (bicyclic) bond motifs is 1. The van der Waals surface area contributed by atoms with Crippen molar-refractivity contribution in [3.63, 3.8) is 0 Å². The molecular formula is C19H15FN4. The molecule has 0 aliphatic carbocycles. The fourth-order valence-corrected chi connectivity index (χ4v) is 2.67. The van der Waals surface area contributed by atoms with E-state index in [1.165, 1.54) is 6.07 Å². The van der Waals surface area contributed by atoms with Crippen molar-refractivity contribution in [1.29, 1.82) is 0 Å². The molecule has 0 bridgehead atoms. The Bertz CT molecular complexity index is 1010. The summed E-state index contributed by atoms with van der Waals surface area (Å²) in [6.45, 7) is 0. The Morgan fingerprint density at radius 1 is 1.00 bits per heavy atom. The van der Waals surface area contributed by atoms with Gasteiger partial charge in [0.25, 0.3) is 0 Å². The fraction of sp³-hybridized carbons (Fsp3) is 0.0526. The maximum Gasteiger partial charge on any atom is 0.234 e. The van der Waals surface area contributed by atoms with Crippen LogP contribution >= 0.6 is 0 Å². The second kappa shape index (κ2) is 5.77. The minimum Gasteiger partial charge on any atom is -0.388 e. The average molecular weight is 318 g/mol. The molecule has 0 spiro atoms. The van der Waals surface area contributed by atoms with E-state index in [-0.39, 0.29) is 5.82 Å². The van der Waals surface area contributed by atoms with Crippen LogP contribution in [0, 0.1) is 5.82 Å². The summed E-state index contributed by atoms with van der Waals surface area (Å²) >= 11 is 0. The number of aromatic nitrogens is 3. The molecule has 0 aliphatic heterocycles. The zero-order valence-corrected chi connectivity index (χ0v) is 13.1. The number of nitrogens with zero attached hydrogens (tertiary/aromatic N) is 3. The van der Waals surface area contributed by atoms with E-state index in [9.17, 15) is 4.39 Å². The van der Waals surface area contributed by atoms with Crippen molar-refractivity contribution in [1.82, 2.24) is 14.4 Å². The predicted molar refractivity (Wildman–Crippen MR) is 93.4 cm³/mol. The number of halogens is 1. The third kappa shape index (κ3) is 2.50. The summed E-state index contributed by atoms with van der Waals surface area (Å²) in [6.07, 6.45) is 5.53. The molecule has 2 heterocycles. The number of nitrogens with one attached hydrogen (secondary N) is 1. The monoisotopic (exact) mass is 318 g/mol. The third-order valence-corrected chi connectivity index (χ3v) is 3.95. The lowest BCUT2D eigenvalue weighted by molar-refractivity contribution is 0.631. The topological polar surface area (TPSA) is 42.2 Å². The SMILES string of the molecule is CNc1ccc(F)c(-c2cn3cc(-c4ccccc4)cnc3n2)c1. The van der Waals surface area contributed by atoms with Crippen LogP contribution in [0.2, 0.25) is 0 Å². The van der Waals surface area contributed by atoms with Gasteiger partial charge in [0.2, 0.25) is 5.78 Å². The lowest BCUT2D eigenvalue weighted by atomic mass is 10.1. The van der Waals surface area contributed by atoms with Gasteiger partial charge in [0.05, 0.1) is 5.69 Å². The summed E-state index contributed by atoms with van der Waals surface area (Å²) in [7, 11) is 1.80. The Morgan fingerprint density at radius 2 is 1.83 bits per heavy atom. The first-order valence-electron chi connectivity index (χ1n) is 7.62. The lowest BCUT2D eigenvalue weighted by Crippen LogP contribution is -1.91. The Kier molecular flexibility index (Phi) is 3.46. The van der Waals surface area contributed by atoms with Gasteiger partial charge in [-0.2, -0.15) is 0 Å². The van der Waals surface area contributed by atoms with E-state index >= 15 is 0 Å². The molecule has 2 aromatic heterocycles. The van der Waals surface area contributed by atoms with Crippen LogP contribution in [0.3, 0.4) is 0 Å². The molecule has 0 fully saturated rings. The molecule has 0 atom stereocenters. The molecule has 0 radical (unpaired) electrons. The van der Waals surface area contributed by atoms with Gasteiger partial charge in [0.1, 0.15) is 5.82 Å². The zero-order valence-electron chi connectivity index (χ0n) is 13.1. The van der Waals surface area contributed by atoms with Gasteiger partial charge in [-0.05, 0) is 23.8 Å². The van der Waals surface area contributed by atoms with Crippen molar-refractivity contribution in [3.05, 3.63) is 72.9 Å². The van der Waals surface area contributed by atoms with E-state index in [1.807, 2.05) is 40.9 Å². The maximum atomic E-state index is 14.2. The molecule has 1 N–H and O–H groups in total. The van der Waals surface area contributed by atoms with Gasteiger partial charge in [-0.15, -0.1) is 0 Å². The number of imidazole rings is 1. The molecule has 0 saturated heterocycles. The number of hydrogen-bond donors (Lipinski definition) is 1. The summed E-state index contributed by atoms with van der Waals surface area (Å²) in [5, 5.41) is 3.01. The molecule has 2 aromatic carbocycles. The molecule has 118 valence electrons. The van der Waals surface area contributed by atoms with E-state index in [4.69, 9.17) is 0 Å². The molecule has 0 amide bonds. The summed E-state index contributed by atoms with van der Waals surface area (Å²) in [5.74, 6) is 0.236. The highest BCUT2D eigenvalue weighted by Crippen LogP contribution is 2.26. The molecular weight excluding hydrogens is 303 g/mol. The molecule has 4 rings (SSSR count). The van der Waals surface area contributed by atoms with E-state index in [0.717, 1.165) is 16.8 Å². The van der Waals surface area contributed by atoms with Crippen molar-refractivity contribution in [2.45, 2.75) is 0 Å². The standard InChI is InChI=1S/C19H15FN4/c1-21-15-7-8-17(20)16(9-15)18-12-24-11-14(10-22-19(24)23-18)13-5-3-2-4-6-13/h2-12,21H,1H3. The summed E-state index contributed by atoms with van der Waals surface area (Å²) in [5.41, 5.74) is 3.90. The van der Waals surface area contributed by atoms with Crippen molar-refractivity contribution >= 4 is 11.5 Å². The molecule has 4 nitrogen and oxygen atoms in total. The fourth-order valence-electron chi connectivity index (χ4n) is 2.67. The van der Waals surface area contributed by atoms with Crippen LogP contribution in [0.15, 0.2) is 67.1 Å². The van der Waals surface area contributed by atoms with Crippen LogP contribution in [0.1, 0.15) is 0 Å². The molecule has 5 heteroatoms. The second-order valence-corrected chi connectivity index (χ2v) is 5.49. The number of rotatable bonds is 3. The van der Waals surface area contributed by atoms with E-state index in [1.54, 1.807) is 31.6 Å². The van der Waals surface area contributed by atoms with E-state index in [0.29, 0.717) is 17.0 Å². The Labute approximate surface area is 138 Å². The number of anilines is 1. The van der Waals surface area contributed by atoms with Gasteiger partial charge in [-0.1, -0.05) is 30.3 Å². The highest BCUT2D eigenvalue weighted by molar-refractivity contribution is 5.68. The minimum absolute atomic E-state index is 0.305. The van der Waals surface area contributed by atoms with Crippen LogP contribution in [-0.4, -0.2) is 21.4 Å². The molecule has 0 aliphatic rings. The smallest absolute Gasteiger partial charge is 0.234 e. The molecule has 0 unspecified atom stereocenters. The first kappa shape index (κ1) is 14.4. The van der Waals surface area contributed by atoms with Gasteiger partial charge < -0.3 is 5.32 Å². The van der Waals surface area contributed by atoms with Crippen LogP contribution in [0.4, 0.5) is 10.1 Å². The Balaban J connectivity index is 1.82. The molecule has 24 heavy (non-hydrogen) atoms. The van der Waals surface area contributed by atoms with Gasteiger partial charge in [0, 0.05) is 42.5 Å². The zero-order chi connectivity index (χ0) is 16.5. The van der Waals surface area contributed by atoms with Gasteiger partial charge >= 0.3 is 0 Å². The minimum atomic E-state index is -0.305. The Hall–Kier alpha value is -3.21. The first-order valence-corrected chi connectivity index (χ1v) is 7.62. The Morgan fingerprint density at radius 3 is 2.62 bits per heavy atom. The van der Waals surface area contributed by atoms with Gasteiger partial charge in [-0.3, -0.25) is 4.40 Å². The average Bonchev–Trinajstić information content (AvgIpc) is 3.06. The van der Waals surface area contributed by atoms with Crippen molar-refractivity contribution in [2.24, 2.45) is 0 Å². The number of benzene rings is 2. The first-order chi connectivity index (χ1) is 11.7. The molecule has 0 saturated carbocycles. The van der Waals surface area contributed by atoms with Crippen LogP contribution in [0.5, 0.6) is 0 Å². The summed E-state index contributed by atoms with van der Waals surface area (Å²) in [4.78, 5) is 8.83. The third-order valence-electron chi connectivity index (χ3n) is 3.95. The van der Waals surface area contributed by atoms with Crippen molar-refractivity contribution < 1.29 is 4.39 Å². The van der Waals surface area contributed by atoms with Crippen LogP contribution < -0.4 is 5.32 Å².